The van der Waals surface area contributed by atoms with E-state index in [1.165, 1.54) is 19.3 Å². The van der Waals surface area contributed by atoms with Crippen molar-refractivity contribution >= 4 is 16.8 Å². The fourth-order valence-corrected chi connectivity index (χ4v) is 3.68. The summed E-state index contributed by atoms with van der Waals surface area (Å²) in [5.74, 6) is 0.453. The lowest BCUT2D eigenvalue weighted by atomic mass is 9.95. The summed E-state index contributed by atoms with van der Waals surface area (Å²) in [6.45, 7) is 0.442. The lowest BCUT2D eigenvalue weighted by Gasteiger charge is -2.31. The first kappa shape index (κ1) is 16.0. The van der Waals surface area contributed by atoms with Crippen LogP contribution in [0, 0.1) is 0 Å². The average molecular weight is 308 g/mol. The first-order chi connectivity index (χ1) is 10.2. The van der Waals surface area contributed by atoms with Gasteiger partial charge in [0.2, 0.25) is 0 Å². The molecule has 116 valence electrons. The van der Waals surface area contributed by atoms with Gasteiger partial charge in [-0.1, -0.05) is 37.5 Å². The number of nitrogens with zero attached hydrogens (tertiary/aromatic N) is 1. The van der Waals surface area contributed by atoms with E-state index in [9.17, 15) is 9.00 Å². The van der Waals surface area contributed by atoms with Gasteiger partial charge in [0.1, 0.15) is 0 Å². The van der Waals surface area contributed by atoms with Gasteiger partial charge in [-0.25, -0.2) is 4.79 Å². The summed E-state index contributed by atoms with van der Waals surface area (Å²) in [6.07, 6.45) is 5.89. The summed E-state index contributed by atoms with van der Waals surface area (Å²) in [4.78, 5) is 14.7. The van der Waals surface area contributed by atoms with Gasteiger partial charge in [0.25, 0.3) is 0 Å². The fraction of sp³-hybridized carbons (Fsp3) is 0.562. The summed E-state index contributed by atoms with van der Waals surface area (Å²) in [7, 11) is 0.810. The molecule has 5 heteroatoms. The zero-order chi connectivity index (χ0) is 15.1. The third-order valence-electron chi connectivity index (χ3n) is 4.01. The molecule has 1 N–H and O–H groups in total. The first-order valence-corrected chi connectivity index (χ1v) is 8.94. The highest BCUT2D eigenvalue weighted by atomic mass is 32.2. The van der Waals surface area contributed by atoms with Crippen molar-refractivity contribution in [2.45, 2.75) is 43.0 Å². The van der Waals surface area contributed by atoms with Crippen LogP contribution in [0.1, 0.15) is 32.1 Å². The van der Waals surface area contributed by atoms with Crippen LogP contribution in [0.2, 0.25) is 0 Å². The maximum atomic E-state index is 12.1. The van der Waals surface area contributed by atoms with E-state index in [-0.39, 0.29) is 6.03 Å². The monoisotopic (exact) mass is 308 g/mol. The molecule has 1 aromatic rings. The predicted molar refractivity (Wildman–Crippen MR) is 85.8 cm³/mol. The van der Waals surface area contributed by atoms with Crippen molar-refractivity contribution in [1.29, 1.82) is 0 Å². The molecule has 0 spiro atoms. The standard InChI is InChI=1S/C16H24N2O2S/c1-18(14-8-4-2-5-9-14)16(19)17-12-13-21(20)15-10-6-3-7-11-15/h3,6-7,10-11,14H,2,4-5,8-9,12-13H2,1H3,(H,17,19)/t21-/m0/s1. The number of benzene rings is 1. The van der Waals surface area contributed by atoms with E-state index < -0.39 is 10.8 Å². The van der Waals surface area contributed by atoms with E-state index in [2.05, 4.69) is 5.32 Å². The predicted octanol–water partition coefficient (Wildman–Crippen LogP) is 2.77. The quantitative estimate of drug-likeness (QED) is 0.909. The van der Waals surface area contributed by atoms with Crippen LogP contribution in [-0.2, 0) is 10.8 Å². The topological polar surface area (TPSA) is 49.4 Å². The Balaban J connectivity index is 1.72. The number of hydrogen-bond acceptors (Lipinski definition) is 2. The third kappa shape index (κ3) is 4.84. The van der Waals surface area contributed by atoms with Gasteiger partial charge in [-0.3, -0.25) is 4.21 Å². The summed E-state index contributed by atoms with van der Waals surface area (Å²) < 4.78 is 12.0. The molecule has 1 aliphatic carbocycles. The van der Waals surface area contributed by atoms with E-state index >= 15 is 0 Å². The number of hydrogen-bond donors (Lipinski definition) is 1. The van der Waals surface area contributed by atoms with Crippen LogP contribution in [0.5, 0.6) is 0 Å². The molecule has 1 saturated carbocycles. The van der Waals surface area contributed by atoms with Gasteiger partial charge in [-0.2, -0.15) is 0 Å². The number of urea groups is 1. The maximum absolute atomic E-state index is 12.1. The molecule has 1 aliphatic rings. The minimum Gasteiger partial charge on any atom is -0.337 e. The molecule has 0 bridgehead atoms. The largest absolute Gasteiger partial charge is 0.337 e. The molecular formula is C16H24N2O2S. The lowest BCUT2D eigenvalue weighted by Crippen LogP contribution is -2.45. The summed E-state index contributed by atoms with van der Waals surface area (Å²) >= 11 is 0. The van der Waals surface area contributed by atoms with Crippen LogP contribution in [0.3, 0.4) is 0 Å². The first-order valence-electron chi connectivity index (χ1n) is 7.62. The third-order valence-corrected chi connectivity index (χ3v) is 5.39. The highest BCUT2D eigenvalue weighted by Crippen LogP contribution is 2.21. The van der Waals surface area contributed by atoms with Crippen LogP contribution in [0.4, 0.5) is 4.79 Å². The van der Waals surface area contributed by atoms with E-state index in [1.54, 1.807) is 0 Å². The highest BCUT2D eigenvalue weighted by Gasteiger charge is 2.21. The van der Waals surface area contributed by atoms with Gasteiger partial charge in [-0.15, -0.1) is 0 Å². The van der Waals surface area contributed by atoms with Crippen LogP contribution in [-0.4, -0.2) is 40.5 Å². The molecule has 0 heterocycles. The molecule has 2 rings (SSSR count). The van der Waals surface area contributed by atoms with Gasteiger partial charge in [0, 0.05) is 30.3 Å². The molecule has 0 aliphatic heterocycles. The number of carbonyl (C=O) groups is 1. The average Bonchev–Trinajstić information content (AvgIpc) is 2.55. The van der Waals surface area contributed by atoms with Crippen molar-refractivity contribution in [1.82, 2.24) is 10.2 Å². The molecule has 0 unspecified atom stereocenters. The van der Waals surface area contributed by atoms with Crippen molar-refractivity contribution in [3.05, 3.63) is 30.3 Å². The van der Waals surface area contributed by atoms with Crippen molar-refractivity contribution in [2.75, 3.05) is 19.3 Å². The Bertz CT molecular complexity index is 472. The van der Waals surface area contributed by atoms with Gasteiger partial charge >= 0.3 is 6.03 Å². The van der Waals surface area contributed by atoms with Crippen LogP contribution in [0.25, 0.3) is 0 Å². The van der Waals surface area contributed by atoms with Crippen molar-refractivity contribution in [3.8, 4) is 0 Å². The molecule has 1 atom stereocenters. The molecule has 0 aromatic heterocycles. The molecule has 2 amide bonds. The Morgan fingerprint density at radius 1 is 1.24 bits per heavy atom. The molecular weight excluding hydrogens is 284 g/mol. The normalized spacial score (nSPS) is 17.2. The zero-order valence-electron chi connectivity index (χ0n) is 12.6. The van der Waals surface area contributed by atoms with Gasteiger partial charge < -0.3 is 10.2 Å². The smallest absolute Gasteiger partial charge is 0.317 e. The van der Waals surface area contributed by atoms with E-state index in [0.29, 0.717) is 18.3 Å². The Hall–Kier alpha value is -1.36. The second-order valence-corrected chi connectivity index (χ2v) is 7.07. The van der Waals surface area contributed by atoms with Crippen LogP contribution in [0.15, 0.2) is 35.2 Å². The van der Waals surface area contributed by atoms with Crippen molar-refractivity contribution in [2.24, 2.45) is 0 Å². The van der Waals surface area contributed by atoms with E-state index in [4.69, 9.17) is 0 Å². The van der Waals surface area contributed by atoms with Gasteiger partial charge in [0.15, 0.2) is 0 Å². The Morgan fingerprint density at radius 2 is 1.90 bits per heavy atom. The summed E-state index contributed by atoms with van der Waals surface area (Å²) in [5, 5.41) is 2.87. The van der Waals surface area contributed by atoms with Crippen LogP contribution < -0.4 is 5.32 Å². The van der Waals surface area contributed by atoms with Crippen molar-refractivity contribution < 1.29 is 9.00 Å². The molecule has 0 saturated heterocycles. The van der Waals surface area contributed by atoms with Crippen molar-refractivity contribution in [3.63, 3.8) is 0 Å². The second kappa shape index (κ2) is 8.17. The molecule has 21 heavy (non-hydrogen) atoms. The number of amides is 2. The lowest BCUT2D eigenvalue weighted by molar-refractivity contribution is 0.174. The molecule has 4 nitrogen and oxygen atoms in total. The molecule has 1 aromatic carbocycles. The van der Waals surface area contributed by atoms with E-state index in [0.717, 1.165) is 17.7 Å². The Morgan fingerprint density at radius 3 is 2.57 bits per heavy atom. The summed E-state index contributed by atoms with van der Waals surface area (Å²) in [5.41, 5.74) is 0. The molecule has 0 radical (unpaired) electrons. The number of carbonyl (C=O) groups excluding carboxylic acids is 1. The maximum Gasteiger partial charge on any atom is 0.317 e. The van der Waals surface area contributed by atoms with E-state index in [1.807, 2.05) is 42.3 Å². The van der Waals surface area contributed by atoms with Gasteiger partial charge in [0.05, 0.1) is 10.8 Å². The summed E-state index contributed by atoms with van der Waals surface area (Å²) in [6, 6.07) is 9.68. The van der Waals surface area contributed by atoms with Gasteiger partial charge in [-0.05, 0) is 25.0 Å². The number of rotatable bonds is 5. The minimum absolute atomic E-state index is 0.0491. The Kier molecular flexibility index (Phi) is 6.23. The zero-order valence-corrected chi connectivity index (χ0v) is 13.4. The fourth-order valence-electron chi connectivity index (χ4n) is 2.70. The second-order valence-electron chi connectivity index (χ2n) is 5.50. The number of nitrogens with one attached hydrogen (secondary N) is 1. The molecule has 1 fully saturated rings. The minimum atomic E-state index is -1.05. The Labute approximate surface area is 129 Å². The highest BCUT2D eigenvalue weighted by molar-refractivity contribution is 7.85. The SMILES string of the molecule is CN(C(=O)NCC[S@](=O)c1ccccc1)C1CCCCC1. The van der Waals surface area contributed by atoms with Crippen LogP contribution >= 0.6 is 0 Å².